The van der Waals surface area contributed by atoms with Crippen molar-refractivity contribution in [2.45, 2.75) is 18.9 Å². The maximum Gasteiger partial charge on any atom is 0.336 e. The summed E-state index contributed by atoms with van der Waals surface area (Å²) in [5, 5.41) is 19.2. The van der Waals surface area contributed by atoms with Gasteiger partial charge in [0.15, 0.2) is 0 Å². The lowest BCUT2D eigenvalue weighted by atomic mass is 9.97. The third-order valence-electron chi connectivity index (χ3n) is 3.10. The number of hydrogen-bond donors (Lipinski definition) is 2. The third kappa shape index (κ3) is 3.42. The normalized spacial score (nSPS) is 12.1. The van der Waals surface area contributed by atoms with E-state index >= 15 is 0 Å². The van der Waals surface area contributed by atoms with Crippen LogP contribution in [0.25, 0.3) is 0 Å². The fraction of sp³-hybridized carbons (Fsp3) is 0.188. The predicted octanol–water partition coefficient (Wildman–Crippen LogP) is 3.05. The lowest BCUT2D eigenvalue weighted by Gasteiger charge is -2.13. The average molecular weight is 256 g/mol. The second-order valence-corrected chi connectivity index (χ2v) is 4.43. The Labute approximate surface area is 112 Å². The van der Waals surface area contributed by atoms with Gasteiger partial charge in [0, 0.05) is 0 Å². The Morgan fingerprint density at radius 2 is 1.63 bits per heavy atom. The summed E-state index contributed by atoms with van der Waals surface area (Å²) in [4.78, 5) is 11.1. The van der Waals surface area contributed by atoms with E-state index in [-0.39, 0.29) is 5.56 Å². The second kappa shape index (κ2) is 6.16. The molecular weight excluding hydrogens is 240 g/mol. The maximum atomic E-state index is 11.1. The van der Waals surface area contributed by atoms with Gasteiger partial charge in [-0.3, -0.25) is 0 Å². The largest absolute Gasteiger partial charge is 0.478 e. The van der Waals surface area contributed by atoms with Gasteiger partial charge in [0.25, 0.3) is 0 Å². The zero-order chi connectivity index (χ0) is 13.7. The minimum absolute atomic E-state index is 0.170. The molecule has 2 aromatic carbocycles. The summed E-state index contributed by atoms with van der Waals surface area (Å²) in [6.45, 7) is 0. The Bertz CT molecular complexity index is 549. The summed E-state index contributed by atoms with van der Waals surface area (Å²) in [6.07, 6.45) is 0.470. The molecule has 0 spiro atoms. The molecule has 98 valence electrons. The Morgan fingerprint density at radius 3 is 2.32 bits per heavy atom. The molecule has 2 aromatic rings. The van der Waals surface area contributed by atoms with Crippen molar-refractivity contribution in [2.24, 2.45) is 0 Å². The monoisotopic (exact) mass is 256 g/mol. The van der Waals surface area contributed by atoms with Gasteiger partial charge in [-0.05, 0) is 30.0 Å². The van der Waals surface area contributed by atoms with E-state index in [1.165, 1.54) is 6.07 Å². The smallest absolute Gasteiger partial charge is 0.336 e. The van der Waals surface area contributed by atoms with Crippen molar-refractivity contribution >= 4 is 5.97 Å². The van der Waals surface area contributed by atoms with Crippen LogP contribution in [-0.2, 0) is 6.42 Å². The Kier molecular flexibility index (Phi) is 4.31. The quantitative estimate of drug-likeness (QED) is 0.864. The van der Waals surface area contributed by atoms with Crippen LogP contribution in [0, 0.1) is 0 Å². The van der Waals surface area contributed by atoms with Crippen molar-refractivity contribution in [1.29, 1.82) is 0 Å². The topological polar surface area (TPSA) is 57.5 Å². The lowest BCUT2D eigenvalue weighted by molar-refractivity contribution is 0.0688. The van der Waals surface area contributed by atoms with Crippen LogP contribution < -0.4 is 0 Å². The minimum Gasteiger partial charge on any atom is -0.478 e. The van der Waals surface area contributed by atoms with Crippen molar-refractivity contribution in [3.63, 3.8) is 0 Å². The van der Waals surface area contributed by atoms with Gasteiger partial charge in [0.05, 0.1) is 11.7 Å². The standard InChI is InChI=1S/C16H16O3/c17-15(11-10-12-6-2-1-3-7-12)13-8-4-5-9-14(13)16(18)19/h1-9,15,17H,10-11H2,(H,18,19). The van der Waals surface area contributed by atoms with E-state index in [2.05, 4.69) is 0 Å². The van der Waals surface area contributed by atoms with E-state index in [4.69, 9.17) is 5.11 Å². The molecule has 0 saturated carbocycles. The van der Waals surface area contributed by atoms with Gasteiger partial charge >= 0.3 is 5.97 Å². The van der Waals surface area contributed by atoms with E-state index in [1.54, 1.807) is 18.2 Å². The number of aromatic carboxylic acids is 1. The van der Waals surface area contributed by atoms with Gasteiger partial charge in [0.1, 0.15) is 0 Å². The molecule has 1 unspecified atom stereocenters. The second-order valence-electron chi connectivity index (χ2n) is 4.43. The zero-order valence-corrected chi connectivity index (χ0v) is 10.5. The SMILES string of the molecule is O=C(O)c1ccccc1C(O)CCc1ccccc1. The molecule has 3 heteroatoms. The highest BCUT2D eigenvalue weighted by molar-refractivity contribution is 5.89. The van der Waals surface area contributed by atoms with Crippen LogP contribution in [-0.4, -0.2) is 16.2 Å². The molecule has 0 aliphatic heterocycles. The summed E-state index contributed by atoms with van der Waals surface area (Å²) in [5.41, 5.74) is 1.78. The first kappa shape index (κ1) is 13.3. The third-order valence-corrected chi connectivity index (χ3v) is 3.10. The number of aliphatic hydroxyl groups is 1. The van der Waals surface area contributed by atoms with Crippen molar-refractivity contribution in [1.82, 2.24) is 0 Å². The van der Waals surface area contributed by atoms with Crippen LogP contribution in [0.15, 0.2) is 54.6 Å². The summed E-state index contributed by atoms with van der Waals surface area (Å²) in [6, 6.07) is 16.4. The van der Waals surface area contributed by atoms with Crippen molar-refractivity contribution in [3.8, 4) is 0 Å². The molecule has 19 heavy (non-hydrogen) atoms. The molecular formula is C16H16O3. The molecule has 2 N–H and O–H groups in total. The highest BCUT2D eigenvalue weighted by Gasteiger charge is 2.16. The fourth-order valence-corrected chi connectivity index (χ4v) is 2.09. The molecule has 2 rings (SSSR count). The lowest BCUT2D eigenvalue weighted by Crippen LogP contribution is -2.07. The van der Waals surface area contributed by atoms with E-state index in [1.807, 2.05) is 30.3 Å². The molecule has 0 aliphatic rings. The highest BCUT2D eigenvalue weighted by Crippen LogP contribution is 2.22. The molecule has 0 radical (unpaired) electrons. The van der Waals surface area contributed by atoms with Crippen LogP contribution in [0.2, 0.25) is 0 Å². The molecule has 0 saturated heterocycles. The molecule has 0 bridgehead atoms. The average Bonchev–Trinajstić information content (AvgIpc) is 2.46. The van der Waals surface area contributed by atoms with Crippen LogP contribution >= 0.6 is 0 Å². The number of carbonyl (C=O) groups is 1. The van der Waals surface area contributed by atoms with E-state index in [0.29, 0.717) is 12.0 Å². The number of aliphatic hydroxyl groups excluding tert-OH is 1. The fourth-order valence-electron chi connectivity index (χ4n) is 2.09. The zero-order valence-electron chi connectivity index (χ0n) is 10.5. The number of hydrogen-bond acceptors (Lipinski definition) is 2. The first-order valence-electron chi connectivity index (χ1n) is 6.22. The van der Waals surface area contributed by atoms with Crippen molar-refractivity contribution in [3.05, 3.63) is 71.3 Å². The van der Waals surface area contributed by atoms with E-state index in [9.17, 15) is 9.90 Å². The summed E-state index contributed by atoms with van der Waals surface area (Å²) in [7, 11) is 0. The number of benzene rings is 2. The van der Waals surface area contributed by atoms with Gasteiger partial charge in [-0.15, -0.1) is 0 Å². The van der Waals surface area contributed by atoms with E-state index < -0.39 is 12.1 Å². The molecule has 3 nitrogen and oxygen atoms in total. The van der Waals surface area contributed by atoms with E-state index in [0.717, 1.165) is 12.0 Å². The Balaban J connectivity index is 2.08. The molecule has 0 fully saturated rings. The number of rotatable bonds is 5. The van der Waals surface area contributed by atoms with Crippen LogP contribution in [0.1, 0.15) is 34.0 Å². The van der Waals surface area contributed by atoms with Crippen LogP contribution in [0.4, 0.5) is 0 Å². The summed E-state index contributed by atoms with van der Waals surface area (Å²) in [5.74, 6) is -1.01. The summed E-state index contributed by atoms with van der Waals surface area (Å²) >= 11 is 0. The number of carboxylic acid groups (broad SMARTS) is 1. The first-order chi connectivity index (χ1) is 9.18. The number of carboxylic acids is 1. The minimum atomic E-state index is -1.01. The Morgan fingerprint density at radius 1 is 1.00 bits per heavy atom. The Hall–Kier alpha value is -2.13. The van der Waals surface area contributed by atoms with Gasteiger partial charge in [-0.2, -0.15) is 0 Å². The maximum absolute atomic E-state index is 11.1. The number of aryl methyl sites for hydroxylation is 1. The molecule has 0 aliphatic carbocycles. The van der Waals surface area contributed by atoms with Gasteiger partial charge in [-0.1, -0.05) is 48.5 Å². The summed E-state index contributed by atoms with van der Waals surface area (Å²) < 4.78 is 0. The molecule has 0 aromatic heterocycles. The van der Waals surface area contributed by atoms with Gasteiger partial charge in [-0.25, -0.2) is 4.79 Å². The van der Waals surface area contributed by atoms with Crippen LogP contribution in [0.5, 0.6) is 0 Å². The predicted molar refractivity (Wildman–Crippen MR) is 73.1 cm³/mol. The molecule has 1 atom stereocenters. The van der Waals surface area contributed by atoms with Crippen molar-refractivity contribution < 1.29 is 15.0 Å². The van der Waals surface area contributed by atoms with Crippen LogP contribution in [0.3, 0.4) is 0 Å². The molecule has 0 amide bonds. The van der Waals surface area contributed by atoms with Gasteiger partial charge in [0.2, 0.25) is 0 Å². The highest BCUT2D eigenvalue weighted by atomic mass is 16.4. The van der Waals surface area contributed by atoms with Gasteiger partial charge < -0.3 is 10.2 Å². The first-order valence-corrected chi connectivity index (χ1v) is 6.22. The van der Waals surface area contributed by atoms with Crippen molar-refractivity contribution in [2.75, 3.05) is 0 Å². The molecule has 0 heterocycles.